The first-order valence-corrected chi connectivity index (χ1v) is 7.34. The smallest absolute Gasteiger partial charge is 0.314 e. The van der Waals surface area contributed by atoms with Crippen LogP contribution in [0.4, 0.5) is 4.79 Å². The van der Waals surface area contributed by atoms with Gasteiger partial charge in [0, 0.05) is 19.0 Å². The van der Waals surface area contributed by atoms with Crippen LogP contribution in [0.25, 0.3) is 0 Å². The molecular formula is C14H26N2O3. The number of hydrogen-bond acceptors (Lipinski definition) is 2. The van der Waals surface area contributed by atoms with Gasteiger partial charge in [0.15, 0.2) is 0 Å². The first kappa shape index (κ1) is 15.8. The number of carbonyl (C=O) groups is 2. The molecule has 1 rings (SSSR count). The lowest BCUT2D eigenvalue weighted by Crippen LogP contribution is -2.42. The summed E-state index contributed by atoms with van der Waals surface area (Å²) < 4.78 is 0. The van der Waals surface area contributed by atoms with Crippen molar-refractivity contribution in [2.75, 3.05) is 6.54 Å². The summed E-state index contributed by atoms with van der Waals surface area (Å²) in [5.74, 6) is -0.0797. The first-order valence-electron chi connectivity index (χ1n) is 7.34. The van der Waals surface area contributed by atoms with Crippen molar-refractivity contribution in [1.29, 1.82) is 0 Å². The third-order valence-electron chi connectivity index (χ3n) is 3.64. The number of carboxylic acid groups (broad SMARTS) is 1. The number of nitrogens with one attached hydrogen (secondary N) is 2. The van der Waals surface area contributed by atoms with E-state index < -0.39 is 5.97 Å². The standard InChI is InChI=1S/C14H26N2O3/c1-11(10-12-6-3-2-4-7-12)16-14(19)15-9-5-8-13(17)18/h11-12H,2-10H2,1H3,(H,17,18)(H2,15,16,19)/t11-/m1/s1. The quantitative estimate of drug-likeness (QED) is 0.622. The van der Waals surface area contributed by atoms with E-state index >= 15 is 0 Å². The molecule has 2 amide bonds. The highest BCUT2D eigenvalue weighted by Gasteiger charge is 2.17. The minimum atomic E-state index is -0.826. The van der Waals surface area contributed by atoms with Crippen LogP contribution in [0.3, 0.4) is 0 Å². The zero-order chi connectivity index (χ0) is 14.1. The van der Waals surface area contributed by atoms with E-state index in [2.05, 4.69) is 10.6 Å². The summed E-state index contributed by atoms with van der Waals surface area (Å²) in [6.45, 7) is 2.44. The predicted molar refractivity (Wildman–Crippen MR) is 74.1 cm³/mol. The fourth-order valence-electron chi connectivity index (χ4n) is 2.70. The molecule has 0 spiro atoms. The molecule has 0 heterocycles. The van der Waals surface area contributed by atoms with Gasteiger partial charge in [0.05, 0.1) is 0 Å². The van der Waals surface area contributed by atoms with Crippen LogP contribution in [-0.4, -0.2) is 29.7 Å². The van der Waals surface area contributed by atoms with Gasteiger partial charge in [0.25, 0.3) is 0 Å². The number of hydrogen-bond donors (Lipinski definition) is 3. The van der Waals surface area contributed by atoms with Crippen LogP contribution in [-0.2, 0) is 4.79 Å². The summed E-state index contributed by atoms with van der Waals surface area (Å²) in [4.78, 5) is 21.9. The second kappa shape index (κ2) is 8.77. The van der Waals surface area contributed by atoms with Crippen molar-refractivity contribution in [2.24, 2.45) is 5.92 Å². The molecule has 5 nitrogen and oxygen atoms in total. The number of rotatable bonds is 7. The Morgan fingerprint density at radius 2 is 1.95 bits per heavy atom. The highest BCUT2D eigenvalue weighted by molar-refractivity contribution is 5.74. The van der Waals surface area contributed by atoms with Gasteiger partial charge in [0.1, 0.15) is 0 Å². The summed E-state index contributed by atoms with van der Waals surface area (Å²) in [6.07, 6.45) is 8.17. The highest BCUT2D eigenvalue weighted by Crippen LogP contribution is 2.27. The topological polar surface area (TPSA) is 78.4 Å². The van der Waals surface area contributed by atoms with Crippen molar-refractivity contribution in [3.05, 3.63) is 0 Å². The first-order chi connectivity index (χ1) is 9.08. The van der Waals surface area contributed by atoms with E-state index in [0.29, 0.717) is 13.0 Å². The third kappa shape index (κ3) is 7.70. The molecule has 0 saturated heterocycles. The maximum Gasteiger partial charge on any atom is 0.314 e. The van der Waals surface area contributed by atoms with Crippen LogP contribution >= 0.6 is 0 Å². The van der Waals surface area contributed by atoms with E-state index in [9.17, 15) is 9.59 Å². The lowest BCUT2D eigenvalue weighted by atomic mass is 9.85. The molecule has 0 aliphatic heterocycles. The molecule has 1 atom stereocenters. The second-order valence-corrected chi connectivity index (χ2v) is 5.54. The van der Waals surface area contributed by atoms with E-state index in [1.807, 2.05) is 6.92 Å². The minimum absolute atomic E-state index is 0.0951. The Balaban J connectivity index is 2.07. The fraction of sp³-hybridized carbons (Fsp3) is 0.857. The molecule has 0 aromatic rings. The maximum absolute atomic E-state index is 11.6. The average molecular weight is 270 g/mol. The van der Waals surface area contributed by atoms with Crippen LogP contribution in [0, 0.1) is 5.92 Å². The van der Waals surface area contributed by atoms with Gasteiger partial charge in [-0.1, -0.05) is 32.1 Å². The molecular weight excluding hydrogens is 244 g/mol. The number of amides is 2. The Morgan fingerprint density at radius 3 is 2.58 bits per heavy atom. The summed E-state index contributed by atoms with van der Waals surface area (Å²) in [5.41, 5.74) is 0. The molecule has 0 aromatic carbocycles. The normalized spacial score (nSPS) is 17.7. The van der Waals surface area contributed by atoms with Crippen LogP contribution in [0.5, 0.6) is 0 Å². The zero-order valence-electron chi connectivity index (χ0n) is 11.8. The van der Waals surface area contributed by atoms with Crippen molar-refractivity contribution >= 4 is 12.0 Å². The van der Waals surface area contributed by atoms with E-state index in [1.165, 1.54) is 32.1 Å². The molecule has 110 valence electrons. The van der Waals surface area contributed by atoms with Crippen LogP contribution in [0.1, 0.15) is 58.3 Å². The summed E-state index contributed by atoms with van der Waals surface area (Å²) >= 11 is 0. The molecule has 0 aromatic heterocycles. The maximum atomic E-state index is 11.6. The van der Waals surface area contributed by atoms with Crippen LogP contribution < -0.4 is 10.6 Å². The predicted octanol–water partition coefficient (Wildman–Crippen LogP) is 2.51. The summed E-state index contributed by atoms with van der Waals surface area (Å²) in [7, 11) is 0. The van der Waals surface area contributed by atoms with Gasteiger partial charge < -0.3 is 15.7 Å². The number of urea groups is 1. The second-order valence-electron chi connectivity index (χ2n) is 5.54. The number of carbonyl (C=O) groups excluding carboxylic acids is 1. The Labute approximate surface area is 115 Å². The van der Waals surface area contributed by atoms with Crippen molar-refractivity contribution in [2.45, 2.75) is 64.3 Å². The lowest BCUT2D eigenvalue weighted by molar-refractivity contribution is -0.137. The number of aliphatic carboxylic acids is 1. The van der Waals surface area contributed by atoms with Gasteiger partial charge in [-0.3, -0.25) is 4.79 Å². The van der Waals surface area contributed by atoms with Crippen LogP contribution in [0.15, 0.2) is 0 Å². The highest BCUT2D eigenvalue weighted by atomic mass is 16.4. The molecule has 3 N–H and O–H groups in total. The van der Waals surface area contributed by atoms with Crippen molar-refractivity contribution in [1.82, 2.24) is 10.6 Å². The Morgan fingerprint density at radius 1 is 1.26 bits per heavy atom. The molecule has 19 heavy (non-hydrogen) atoms. The lowest BCUT2D eigenvalue weighted by Gasteiger charge is -2.25. The fourth-order valence-corrected chi connectivity index (χ4v) is 2.70. The monoisotopic (exact) mass is 270 g/mol. The number of carboxylic acids is 1. The van der Waals surface area contributed by atoms with Gasteiger partial charge in [0.2, 0.25) is 0 Å². The van der Waals surface area contributed by atoms with Gasteiger partial charge in [-0.05, 0) is 25.7 Å². The average Bonchev–Trinajstić information content (AvgIpc) is 2.35. The molecule has 0 bridgehead atoms. The van der Waals surface area contributed by atoms with Crippen molar-refractivity contribution in [3.8, 4) is 0 Å². The third-order valence-corrected chi connectivity index (χ3v) is 3.64. The SMILES string of the molecule is C[C@H](CC1CCCCC1)NC(=O)NCCCC(=O)O. The zero-order valence-corrected chi connectivity index (χ0v) is 11.8. The molecule has 1 fully saturated rings. The Bertz CT molecular complexity index is 288. The molecule has 1 aliphatic rings. The summed E-state index contributed by atoms with van der Waals surface area (Å²) in [5, 5.41) is 14.1. The molecule has 0 radical (unpaired) electrons. The van der Waals surface area contributed by atoms with Gasteiger partial charge in [-0.15, -0.1) is 0 Å². The van der Waals surface area contributed by atoms with E-state index in [0.717, 1.165) is 12.3 Å². The van der Waals surface area contributed by atoms with E-state index in [1.54, 1.807) is 0 Å². The minimum Gasteiger partial charge on any atom is -0.481 e. The molecule has 5 heteroatoms. The van der Waals surface area contributed by atoms with E-state index in [-0.39, 0.29) is 18.5 Å². The van der Waals surface area contributed by atoms with Gasteiger partial charge in [-0.2, -0.15) is 0 Å². The largest absolute Gasteiger partial charge is 0.481 e. The molecule has 1 aliphatic carbocycles. The van der Waals surface area contributed by atoms with Crippen molar-refractivity contribution < 1.29 is 14.7 Å². The summed E-state index contributed by atoms with van der Waals surface area (Å²) in [6, 6.07) is -0.00345. The van der Waals surface area contributed by atoms with Gasteiger partial charge >= 0.3 is 12.0 Å². The molecule has 1 saturated carbocycles. The van der Waals surface area contributed by atoms with Crippen molar-refractivity contribution in [3.63, 3.8) is 0 Å². The Hall–Kier alpha value is -1.26. The molecule has 0 unspecified atom stereocenters. The van der Waals surface area contributed by atoms with E-state index in [4.69, 9.17) is 5.11 Å². The van der Waals surface area contributed by atoms with Crippen LogP contribution in [0.2, 0.25) is 0 Å². The Kier molecular flexibility index (Phi) is 7.30. The van der Waals surface area contributed by atoms with Gasteiger partial charge in [-0.25, -0.2) is 4.79 Å².